The maximum absolute atomic E-state index is 3.56. The number of benzene rings is 1. The lowest BCUT2D eigenvalue weighted by Gasteiger charge is -2.29. The summed E-state index contributed by atoms with van der Waals surface area (Å²) >= 11 is 0. The van der Waals surface area contributed by atoms with Crippen LogP contribution in [0, 0.1) is 0 Å². The first kappa shape index (κ1) is 10.0. The highest BCUT2D eigenvalue weighted by Gasteiger charge is 2.18. The third-order valence-corrected chi connectivity index (χ3v) is 3.84. The van der Waals surface area contributed by atoms with Crippen LogP contribution in [0.25, 0.3) is 0 Å². The van der Waals surface area contributed by atoms with E-state index in [0.29, 0.717) is 0 Å². The van der Waals surface area contributed by atoms with Gasteiger partial charge in [0, 0.05) is 23.5 Å². The molecule has 0 aromatic heterocycles. The Bertz CT molecular complexity index is 301. The van der Waals surface area contributed by atoms with Gasteiger partial charge < -0.3 is 10.6 Å². The van der Waals surface area contributed by atoms with Gasteiger partial charge in [0.05, 0.1) is 0 Å². The molecule has 0 aliphatic heterocycles. The number of anilines is 2. The molecule has 2 saturated carbocycles. The molecule has 0 atom stereocenters. The molecule has 0 spiro atoms. The van der Waals surface area contributed by atoms with Crippen molar-refractivity contribution in [1.82, 2.24) is 0 Å². The van der Waals surface area contributed by atoms with Crippen molar-refractivity contribution in [2.75, 3.05) is 10.6 Å². The molecular formula is C14H20N2. The molecule has 0 saturated heterocycles. The number of rotatable bonds is 4. The van der Waals surface area contributed by atoms with Gasteiger partial charge in [-0.1, -0.05) is 0 Å². The molecular weight excluding hydrogens is 196 g/mol. The average molecular weight is 216 g/mol. The van der Waals surface area contributed by atoms with Crippen LogP contribution < -0.4 is 10.6 Å². The highest BCUT2D eigenvalue weighted by molar-refractivity contribution is 5.54. The minimum absolute atomic E-state index is 0.727. The standard InChI is InChI=1S/C14H20N2/c1-3-11(4-1)15-13-7-9-14(10-8-13)16-12-5-2-6-12/h7-12,15-16H,1-6H2. The van der Waals surface area contributed by atoms with Gasteiger partial charge in [-0.3, -0.25) is 0 Å². The second-order valence-corrected chi connectivity index (χ2v) is 5.12. The molecule has 1 aromatic rings. The van der Waals surface area contributed by atoms with Gasteiger partial charge in [0.25, 0.3) is 0 Å². The molecule has 2 aliphatic carbocycles. The molecule has 0 radical (unpaired) electrons. The van der Waals surface area contributed by atoms with Gasteiger partial charge in [-0.15, -0.1) is 0 Å². The van der Waals surface area contributed by atoms with Crippen LogP contribution in [0.1, 0.15) is 38.5 Å². The van der Waals surface area contributed by atoms with Crippen LogP contribution in [0.4, 0.5) is 11.4 Å². The summed E-state index contributed by atoms with van der Waals surface area (Å²) in [6.07, 6.45) is 8.12. The molecule has 1 aromatic carbocycles. The zero-order chi connectivity index (χ0) is 10.8. The van der Waals surface area contributed by atoms with Crippen molar-refractivity contribution in [3.05, 3.63) is 24.3 Å². The van der Waals surface area contributed by atoms with Crippen molar-refractivity contribution in [1.29, 1.82) is 0 Å². The zero-order valence-corrected chi connectivity index (χ0v) is 9.71. The topological polar surface area (TPSA) is 24.1 Å². The Hall–Kier alpha value is -1.18. The highest BCUT2D eigenvalue weighted by Crippen LogP contribution is 2.26. The van der Waals surface area contributed by atoms with Gasteiger partial charge in [0.1, 0.15) is 0 Å². The molecule has 0 heterocycles. The van der Waals surface area contributed by atoms with E-state index in [1.165, 1.54) is 49.9 Å². The predicted molar refractivity (Wildman–Crippen MR) is 69.0 cm³/mol. The SMILES string of the molecule is c1cc(NC2CCC2)ccc1NC1CCC1. The zero-order valence-electron chi connectivity index (χ0n) is 9.71. The van der Waals surface area contributed by atoms with Crippen LogP contribution in [0.2, 0.25) is 0 Å². The second-order valence-electron chi connectivity index (χ2n) is 5.12. The van der Waals surface area contributed by atoms with Crippen molar-refractivity contribution in [2.45, 2.75) is 50.6 Å². The monoisotopic (exact) mass is 216 g/mol. The van der Waals surface area contributed by atoms with Crippen LogP contribution in [0.15, 0.2) is 24.3 Å². The maximum Gasteiger partial charge on any atom is 0.0343 e. The van der Waals surface area contributed by atoms with Gasteiger partial charge in [-0.05, 0) is 62.8 Å². The van der Waals surface area contributed by atoms with Crippen LogP contribution >= 0.6 is 0 Å². The first-order valence-electron chi connectivity index (χ1n) is 6.53. The Morgan fingerprint density at radius 3 is 1.31 bits per heavy atom. The van der Waals surface area contributed by atoms with Crippen LogP contribution in [0.5, 0.6) is 0 Å². The molecule has 0 unspecified atom stereocenters. The van der Waals surface area contributed by atoms with E-state index in [1.807, 2.05) is 0 Å². The Morgan fingerprint density at radius 2 is 1.06 bits per heavy atom. The summed E-state index contributed by atoms with van der Waals surface area (Å²) in [6, 6.07) is 10.2. The van der Waals surface area contributed by atoms with E-state index in [0.717, 1.165) is 12.1 Å². The van der Waals surface area contributed by atoms with E-state index in [9.17, 15) is 0 Å². The quantitative estimate of drug-likeness (QED) is 0.803. The summed E-state index contributed by atoms with van der Waals surface area (Å²) in [6.45, 7) is 0. The van der Waals surface area contributed by atoms with Crippen molar-refractivity contribution < 1.29 is 0 Å². The Kier molecular flexibility index (Phi) is 2.73. The van der Waals surface area contributed by atoms with E-state index in [2.05, 4.69) is 34.9 Å². The van der Waals surface area contributed by atoms with E-state index in [4.69, 9.17) is 0 Å². The fourth-order valence-electron chi connectivity index (χ4n) is 2.24. The molecule has 2 heteroatoms. The minimum atomic E-state index is 0.727. The summed E-state index contributed by atoms with van der Waals surface area (Å²) in [7, 11) is 0. The number of hydrogen-bond donors (Lipinski definition) is 2. The van der Waals surface area contributed by atoms with Gasteiger partial charge in [-0.2, -0.15) is 0 Å². The fourth-order valence-corrected chi connectivity index (χ4v) is 2.24. The summed E-state index contributed by atoms with van der Waals surface area (Å²) in [5.74, 6) is 0. The Morgan fingerprint density at radius 1 is 0.688 bits per heavy atom. The van der Waals surface area contributed by atoms with E-state index in [1.54, 1.807) is 0 Å². The molecule has 0 bridgehead atoms. The molecule has 2 nitrogen and oxygen atoms in total. The van der Waals surface area contributed by atoms with Crippen molar-refractivity contribution in [2.24, 2.45) is 0 Å². The predicted octanol–water partition coefficient (Wildman–Crippen LogP) is 3.62. The molecule has 3 rings (SSSR count). The number of hydrogen-bond acceptors (Lipinski definition) is 2. The third kappa shape index (κ3) is 2.16. The molecule has 2 aliphatic rings. The summed E-state index contributed by atoms with van der Waals surface area (Å²) in [4.78, 5) is 0. The lowest BCUT2D eigenvalue weighted by Crippen LogP contribution is -2.27. The van der Waals surface area contributed by atoms with Crippen LogP contribution in [-0.4, -0.2) is 12.1 Å². The summed E-state index contributed by atoms with van der Waals surface area (Å²) in [5, 5.41) is 7.12. The molecule has 2 N–H and O–H groups in total. The summed E-state index contributed by atoms with van der Waals surface area (Å²) < 4.78 is 0. The first-order valence-corrected chi connectivity index (χ1v) is 6.53. The minimum Gasteiger partial charge on any atom is -0.382 e. The Labute approximate surface area is 97.4 Å². The first-order chi connectivity index (χ1) is 7.90. The fraction of sp³-hybridized carbons (Fsp3) is 0.571. The van der Waals surface area contributed by atoms with Crippen LogP contribution in [0.3, 0.4) is 0 Å². The van der Waals surface area contributed by atoms with Gasteiger partial charge in [-0.25, -0.2) is 0 Å². The average Bonchev–Trinajstić information content (AvgIpc) is 2.19. The molecule has 2 fully saturated rings. The molecule has 16 heavy (non-hydrogen) atoms. The van der Waals surface area contributed by atoms with Crippen molar-refractivity contribution in [3.8, 4) is 0 Å². The number of nitrogens with one attached hydrogen (secondary N) is 2. The van der Waals surface area contributed by atoms with Crippen LogP contribution in [-0.2, 0) is 0 Å². The van der Waals surface area contributed by atoms with E-state index in [-0.39, 0.29) is 0 Å². The molecule has 86 valence electrons. The lowest BCUT2D eigenvalue weighted by molar-refractivity contribution is 0.445. The molecule has 0 amide bonds. The second kappa shape index (κ2) is 4.36. The van der Waals surface area contributed by atoms with E-state index < -0.39 is 0 Å². The van der Waals surface area contributed by atoms with Crippen molar-refractivity contribution in [3.63, 3.8) is 0 Å². The normalized spacial score (nSPS) is 21.0. The lowest BCUT2D eigenvalue weighted by atomic mass is 9.92. The van der Waals surface area contributed by atoms with Gasteiger partial charge in [0.15, 0.2) is 0 Å². The third-order valence-electron chi connectivity index (χ3n) is 3.84. The van der Waals surface area contributed by atoms with Gasteiger partial charge >= 0.3 is 0 Å². The van der Waals surface area contributed by atoms with Crippen molar-refractivity contribution >= 4 is 11.4 Å². The Balaban J connectivity index is 1.55. The summed E-state index contributed by atoms with van der Waals surface area (Å²) in [5.41, 5.74) is 2.53. The smallest absolute Gasteiger partial charge is 0.0343 e. The highest BCUT2D eigenvalue weighted by atomic mass is 14.9. The maximum atomic E-state index is 3.56. The van der Waals surface area contributed by atoms with Gasteiger partial charge in [0.2, 0.25) is 0 Å². The van der Waals surface area contributed by atoms with E-state index >= 15 is 0 Å². The largest absolute Gasteiger partial charge is 0.382 e.